The van der Waals surface area contributed by atoms with Crippen LogP contribution in [-0.4, -0.2) is 38.2 Å². The maximum atomic E-state index is 12.0. The molecule has 144 valence electrons. The Balaban J connectivity index is 1.37. The third-order valence-corrected chi connectivity index (χ3v) is 5.07. The molecule has 0 saturated carbocycles. The van der Waals surface area contributed by atoms with E-state index in [0.717, 1.165) is 24.4 Å². The van der Waals surface area contributed by atoms with Gasteiger partial charge in [0.2, 0.25) is 0 Å². The molecule has 2 aromatic rings. The molecule has 5 nitrogen and oxygen atoms in total. The number of quaternary nitrogens is 1. The molecule has 1 unspecified atom stereocenters. The number of likely N-dealkylation sites (tertiary alicyclic amines) is 1. The predicted molar refractivity (Wildman–Crippen MR) is 105 cm³/mol. The van der Waals surface area contributed by atoms with Gasteiger partial charge in [-0.25, -0.2) is 0 Å². The van der Waals surface area contributed by atoms with Crippen LogP contribution in [0.15, 0.2) is 54.6 Å². The summed E-state index contributed by atoms with van der Waals surface area (Å²) in [4.78, 5) is 13.6. The number of amides is 1. The Kier molecular flexibility index (Phi) is 7.11. The molecule has 0 spiro atoms. The first-order valence-corrected chi connectivity index (χ1v) is 9.75. The van der Waals surface area contributed by atoms with Crippen LogP contribution in [-0.2, 0) is 11.4 Å². The Bertz CT molecular complexity index is 703. The number of hydrogen-bond donors (Lipinski definition) is 2. The third-order valence-electron chi connectivity index (χ3n) is 5.07. The maximum Gasteiger partial charge on any atom is 0.258 e. The quantitative estimate of drug-likeness (QED) is 0.709. The number of ether oxygens (including phenoxy) is 2. The molecule has 1 aliphatic heterocycles. The first-order chi connectivity index (χ1) is 13.2. The highest BCUT2D eigenvalue weighted by atomic mass is 16.5. The van der Waals surface area contributed by atoms with Gasteiger partial charge in [-0.2, -0.15) is 0 Å². The summed E-state index contributed by atoms with van der Waals surface area (Å²) < 4.78 is 11.3. The summed E-state index contributed by atoms with van der Waals surface area (Å²) in [5.41, 5.74) is 1.13. The number of nitrogens with one attached hydrogen (secondary N) is 2. The summed E-state index contributed by atoms with van der Waals surface area (Å²) in [6, 6.07) is 17.9. The highest BCUT2D eigenvalue weighted by Crippen LogP contribution is 2.18. The zero-order valence-corrected chi connectivity index (χ0v) is 15.9. The smallest absolute Gasteiger partial charge is 0.258 e. The van der Waals surface area contributed by atoms with Gasteiger partial charge in [0.15, 0.2) is 6.61 Å². The third kappa shape index (κ3) is 6.00. The fraction of sp³-hybridized carbons (Fsp3) is 0.409. The van der Waals surface area contributed by atoms with Crippen LogP contribution in [0.2, 0.25) is 0 Å². The molecule has 0 radical (unpaired) electrons. The fourth-order valence-electron chi connectivity index (χ4n) is 3.51. The van der Waals surface area contributed by atoms with Crippen molar-refractivity contribution >= 4 is 5.91 Å². The minimum atomic E-state index is -0.0678. The number of likely N-dealkylation sites (N-methyl/N-ethyl adjacent to an activating group) is 1. The Labute approximate surface area is 161 Å². The van der Waals surface area contributed by atoms with Gasteiger partial charge in [-0.3, -0.25) is 4.79 Å². The fourth-order valence-corrected chi connectivity index (χ4v) is 3.51. The van der Waals surface area contributed by atoms with Gasteiger partial charge in [0.25, 0.3) is 5.91 Å². The lowest BCUT2D eigenvalue weighted by Gasteiger charge is -2.20. The Hall–Kier alpha value is -2.53. The summed E-state index contributed by atoms with van der Waals surface area (Å²) >= 11 is 0. The molecule has 2 aromatic carbocycles. The molecule has 0 aromatic heterocycles. The van der Waals surface area contributed by atoms with Crippen molar-refractivity contribution in [2.24, 2.45) is 0 Å². The second-order valence-electron chi connectivity index (χ2n) is 6.94. The van der Waals surface area contributed by atoms with Crippen LogP contribution in [0.1, 0.15) is 25.3 Å². The number of carbonyl (C=O) groups is 1. The first kappa shape index (κ1) is 19.2. The zero-order chi connectivity index (χ0) is 18.9. The van der Waals surface area contributed by atoms with Crippen LogP contribution in [0, 0.1) is 0 Å². The van der Waals surface area contributed by atoms with Gasteiger partial charge in [-0.1, -0.05) is 30.3 Å². The lowest BCUT2D eigenvalue weighted by Crippen LogP contribution is -3.14. The largest absolute Gasteiger partial charge is 0.489 e. The van der Waals surface area contributed by atoms with E-state index in [1.54, 1.807) is 4.90 Å². The lowest BCUT2D eigenvalue weighted by atomic mass is 10.2. The molecular formula is C22H29N2O3+. The van der Waals surface area contributed by atoms with E-state index in [1.165, 1.54) is 19.4 Å². The zero-order valence-electron chi connectivity index (χ0n) is 15.9. The molecule has 0 bridgehead atoms. The number of carbonyl (C=O) groups excluding carboxylic acids is 1. The van der Waals surface area contributed by atoms with Gasteiger partial charge >= 0.3 is 0 Å². The second kappa shape index (κ2) is 9.97. The second-order valence-corrected chi connectivity index (χ2v) is 6.94. The van der Waals surface area contributed by atoms with Gasteiger partial charge < -0.3 is 19.7 Å². The monoisotopic (exact) mass is 369 g/mol. The number of rotatable bonds is 9. The summed E-state index contributed by atoms with van der Waals surface area (Å²) in [5.74, 6) is 1.38. The van der Waals surface area contributed by atoms with Crippen molar-refractivity contribution in [1.29, 1.82) is 0 Å². The van der Waals surface area contributed by atoms with Gasteiger partial charge in [0, 0.05) is 12.8 Å². The van der Waals surface area contributed by atoms with Gasteiger partial charge in [-0.15, -0.1) is 0 Å². The van der Waals surface area contributed by atoms with Crippen LogP contribution in [0.4, 0.5) is 0 Å². The van der Waals surface area contributed by atoms with E-state index in [-0.39, 0.29) is 12.5 Å². The highest BCUT2D eigenvalue weighted by Gasteiger charge is 2.27. The van der Waals surface area contributed by atoms with Crippen LogP contribution < -0.4 is 19.7 Å². The van der Waals surface area contributed by atoms with Crippen molar-refractivity contribution in [2.75, 3.05) is 26.2 Å². The van der Waals surface area contributed by atoms with Crippen LogP contribution >= 0.6 is 0 Å². The van der Waals surface area contributed by atoms with E-state index in [2.05, 4.69) is 12.2 Å². The Morgan fingerprint density at radius 3 is 2.48 bits per heavy atom. The molecule has 2 atom stereocenters. The molecule has 0 aliphatic carbocycles. The van der Waals surface area contributed by atoms with E-state index in [4.69, 9.17) is 9.47 Å². The first-order valence-electron chi connectivity index (χ1n) is 9.75. The van der Waals surface area contributed by atoms with E-state index in [1.807, 2.05) is 54.6 Å². The van der Waals surface area contributed by atoms with Gasteiger partial charge in [0.1, 0.15) is 24.1 Å². The number of hydrogen-bond acceptors (Lipinski definition) is 3. The molecule has 1 amide bonds. The van der Waals surface area contributed by atoms with E-state index < -0.39 is 0 Å². The van der Waals surface area contributed by atoms with Crippen molar-refractivity contribution in [3.05, 3.63) is 60.2 Å². The van der Waals surface area contributed by atoms with Crippen molar-refractivity contribution in [2.45, 2.75) is 32.4 Å². The van der Waals surface area contributed by atoms with E-state index >= 15 is 0 Å². The lowest BCUT2D eigenvalue weighted by molar-refractivity contribution is -0.909. The number of benzene rings is 2. The molecule has 1 aliphatic rings. The highest BCUT2D eigenvalue weighted by molar-refractivity contribution is 5.77. The van der Waals surface area contributed by atoms with Gasteiger partial charge in [0.05, 0.1) is 19.6 Å². The maximum absolute atomic E-state index is 12.0. The average molecular weight is 369 g/mol. The van der Waals surface area contributed by atoms with E-state index in [9.17, 15) is 4.79 Å². The van der Waals surface area contributed by atoms with Crippen LogP contribution in [0.5, 0.6) is 11.5 Å². The minimum absolute atomic E-state index is 0.0401. The van der Waals surface area contributed by atoms with Crippen molar-refractivity contribution < 1.29 is 19.2 Å². The molecule has 5 heteroatoms. The van der Waals surface area contributed by atoms with Gasteiger partial charge in [-0.05, 0) is 36.8 Å². The molecule has 1 fully saturated rings. The molecular weight excluding hydrogens is 340 g/mol. The topological polar surface area (TPSA) is 52.0 Å². The standard InChI is InChI=1S/C22H28N2O3/c1-2-24-14-6-9-19(24)15-23-22(25)17-27-21-12-10-20(11-13-21)26-16-18-7-4-3-5-8-18/h3-5,7-8,10-13,19H,2,6,9,14-17H2,1H3,(H,23,25)/p+1/t19-/m0/s1. The van der Waals surface area contributed by atoms with Crippen molar-refractivity contribution in [3.8, 4) is 11.5 Å². The molecule has 2 N–H and O–H groups in total. The van der Waals surface area contributed by atoms with E-state index in [0.29, 0.717) is 18.4 Å². The Morgan fingerprint density at radius 1 is 1.07 bits per heavy atom. The summed E-state index contributed by atoms with van der Waals surface area (Å²) in [6.07, 6.45) is 2.44. The summed E-state index contributed by atoms with van der Waals surface area (Å²) in [5, 5.41) is 3.00. The summed E-state index contributed by atoms with van der Waals surface area (Å²) in [6.45, 7) is 5.84. The van der Waals surface area contributed by atoms with Crippen LogP contribution in [0.3, 0.4) is 0 Å². The van der Waals surface area contributed by atoms with Crippen LogP contribution in [0.25, 0.3) is 0 Å². The summed E-state index contributed by atoms with van der Waals surface area (Å²) in [7, 11) is 0. The molecule has 1 saturated heterocycles. The molecule has 1 heterocycles. The SMILES string of the molecule is CC[NH+]1CCC[C@H]1CNC(=O)COc1ccc(OCc2ccccc2)cc1. The normalized spacial score (nSPS) is 18.9. The predicted octanol–water partition coefficient (Wildman–Crippen LogP) is 1.83. The average Bonchev–Trinajstić information content (AvgIpc) is 3.18. The minimum Gasteiger partial charge on any atom is -0.489 e. The van der Waals surface area contributed by atoms with Crippen molar-refractivity contribution in [1.82, 2.24) is 5.32 Å². The Morgan fingerprint density at radius 2 is 1.78 bits per heavy atom. The molecule has 27 heavy (non-hydrogen) atoms. The molecule has 3 rings (SSSR count). The van der Waals surface area contributed by atoms with Crippen molar-refractivity contribution in [3.63, 3.8) is 0 Å².